The number of nitriles is 1. The van der Waals surface area contributed by atoms with E-state index in [0.717, 1.165) is 22.5 Å². The van der Waals surface area contributed by atoms with Crippen LogP contribution in [0.2, 0.25) is 0 Å². The minimum Gasteiger partial charge on any atom is -0.436 e. The van der Waals surface area contributed by atoms with Gasteiger partial charge in [0, 0.05) is 52.6 Å². The lowest BCUT2D eigenvalue weighted by Crippen LogP contribution is -2.34. The molecule has 0 unspecified atom stereocenters. The number of pyridine rings is 1. The molecule has 8 nitrogen and oxygen atoms in total. The molecule has 4 heterocycles. The number of anilines is 1. The standard InChI is InChI=1S/C31H24BFN6O2/c1-17(2)31(40)38-20-10-8-19(9-11-20)28-25-21-12-13-23(41-24-7-5-6-18(3)37-24)27(33)22(21)14-32(15-34)29-26(25)30(39(28)4)36-16-35-29/h5-13,16H,1,14H2,2-4H3,(H,38,40). The van der Waals surface area contributed by atoms with Crippen LogP contribution in [-0.4, -0.2) is 32.1 Å². The fourth-order valence-corrected chi connectivity index (χ4v) is 5.30. The van der Waals surface area contributed by atoms with Gasteiger partial charge in [-0.25, -0.2) is 24.6 Å². The lowest BCUT2D eigenvalue weighted by Gasteiger charge is -2.15. The average molecular weight is 542 g/mol. The highest BCUT2D eigenvalue weighted by atomic mass is 19.1. The summed E-state index contributed by atoms with van der Waals surface area (Å²) >= 11 is 0. The second-order valence-corrected chi connectivity index (χ2v) is 10.1. The Morgan fingerprint density at radius 1 is 1.17 bits per heavy atom. The van der Waals surface area contributed by atoms with Crippen LogP contribution in [-0.2, 0) is 18.2 Å². The number of fused-ring (bicyclic) bond motifs is 2. The molecule has 2 aromatic carbocycles. The van der Waals surface area contributed by atoms with E-state index in [1.165, 1.54) is 6.33 Å². The minimum atomic E-state index is -0.697. The summed E-state index contributed by atoms with van der Waals surface area (Å²) < 4.78 is 24.1. The van der Waals surface area contributed by atoms with E-state index in [2.05, 4.69) is 32.8 Å². The molecule has 5 aromatic rings. The van der Waals surface area contributed by atoms with Crippen LogP contribution in [0.4, 0.5) is 10.1 Å². The van der Waals surface area contributed by atoms with Gasteiger partial charge in [0.05, 0.1) is 5.69 Å². The third-order valence-electron chi connectivity index (χ3n) is 7.25. The van der Waals surface area contributed by atoms with E-state index in [0.29, 0.717) is 39.0 Å². The molecule has 1 aliphatic rings. The van der Waals surface area contributed by atoms with Crippen LogP contribution in [0.15, 0.2) is 73.1 Å². The second-order valence-electron chi connectivity index (χ2n) is 10.1. The van der Waals surface area contributed by atoms with Crippen LogP contribution in [0.5, 0.6) is 11.6 Å². The molecule has 0 aliphatic carbocycles. The third-order valence-corrected chi connectivity index (χ3v) is 7.25. The monoisotopic (exact) mass is 542 g/mol. The van der Waals surface area contributed by atoms with Gasteiger partial charge < -0.3 is 14.6 Å². The Balaban J connectivity index is 1.55. The molecular formula is C31H24BFN6O2. The van der Waals surface area contributed by atoms with Crippen molar-refractivity contribution in [1.82, 2.24) is 19.5 Å². The van der Waals surface area contributed by atoms with Gasteiger partial charge in [0.15, 0.2) is 11.6 Å². The Labute approximate surface area is 236 Å². The van der Waals surface area contributed by atoms with E-state index >= 15 is 4.39 Å². The van der Waals surface area contributed by atoms with Gasteiger partial charge in [-0.2, -0.15) is 0 Å². The van der Waals surface area contributed by atoms with Crippen LogP contribution in [0.3, 0.4) is 0 Å². The lowest BCUT2D eigenvalue weighted by molar-refractivity contribution is -0.112. The topological polar surface area (TPSA) is 106 Å². The number of ether oxygens (including phenoxy) is 1. The molecular weight excluding hydrogens is 518 g/mol. The molecule has 41 heavy (non-hydrogen) atoms. The molecule has 200 valence electrons. The first kappa shape index (κ1) is 26.0. The maximum atomic E-state index is 16.3. The predicted octanol–water partition coefficient (Wildman–Crippen LogP) is 5.31. The normalized spacial score (nSPS) is 11.9. The van der Waals surface area contributed by atoms with Crippen LogP contribution in [0, 0.1) is 24.0 Å². The molecule has 0 bridgehead atoms. The molecule has 1 aliphatic heterocycles. The smallest absolute Gasteiger partial charge is 0.327 e. The molecule has 0 spiro atoms. The van der Waals surface area contributed by atoms with Crippen LogP contribution in [0.25, 0.3) is 33.4 Å². The maximum absolute atomic E-state index is 16.3. The molecule has 0 saturated carbocycles. The first-order valence-corrected chi connectivity index (χ1v) is 13.0. The van der Waals surface area contributed by atoms with Gasteiger partial charge in [0.2, 0.25) is 5.88 Å². The van der Waals surface area contributed by atoms with E-state index in [1.54, 1.807) is 37.3 Å². The molecule has 0 atom stereocenters. The van der Waals surface area contributed by atoms with Gasteiger partial charge >= 0.3 is 6.71 Å². The number of carbonyl (C=O) groups excluding carboxylic acids is 1. The predicted molar refractivity (Wildman–Crippen MR) is 157 cm³/mol. The summed E-state index contributed by atoms with van der Waals surface area (Å²) in [4.78, 5) is 25.5. The highest BCUT2D eigenvalue weighted by Crippen LogP contribution is 2.44. The van der Waals surface area contributed by atoms with E-state index in [9.17, 15) is 10.1 Å². The number of hydrogen-bond donors (Lipinski definition) is 1. The van der Waals surface area contributed by atoms with Crippen LogP contribution in [0.1, 0.15) is 18.2 Å². The number of hydrogen-bond acceptors (Lipinski definition) is 6. The van der Waals surface area contributed by atoms with Crippen molar-refractivity contribution in [2.24, 2.45) is 7.05 Å². The maximum Gasteiger partial charge on any atom is 0.327 e. The summed E-state index contributed by atoms with van der Waals surface area (Å²) in [6, 6.07) is 16.1. The van der Waals surface area contributed by atoms with E-state index < -0.39 is 12.5 Å². The number of benzene rings is 2. The number of amides is 1. The zero-order valence-electron chi connectivity index (χ0n) is 22.7. The largest absolute Gasteiger partial charge is 0.436 e. The molecule has 0 radical (unpaired) electrons. The zero-order valence-corrected chi connectivity index (χ0v) is 22.7. The van der Waals surface area contributed by atoms with Gasteiger partial charge in [-0.05, 0) is 61.1 Å². The number of carbonyl (C=O) groups is 1. The van der Waals surface area contributed by atoms with Crippen molar-refractivity contribution >= 4 is 34.9 Å². The van der Waals surface area contributed by atoms with Crippen molar-refractivity contribution in [1.29, 1.82) is 5.26 Å². The summed E-state index contributed by atoms with van der Waals surface area (Å²) in [7, 11) is 1.88. The van der Waals surface area contributed by atoms with Gasteiger partial charge in [-0.1, -0.05) is 30.8 Å². The third kappa shape index (κ3) is 4.41. The van der Waals surface area contributed by atoms with Gasteiger partial charge in [0.25, 0.3) is 5.91 Å². The molecule has 1 amide bonds. The highest BCUT2D eigenvalue weighted by molar-refractivity contribution is 6.81. The Bertz CT molecular complexity index is 1930. The van der Waals surface area contributed by atoms with Crippen LogP contribution < -0.4 is 15.6 Å². The summed E-state index contributed by atoms with van der Waals surface area (Å²) in [5, 5.41) is 13.7. The van der Waals surface area contributed by atoms with Gasteiger partial charge in [0.1, 0.15) is 12.0 Å². The SMILES string of the molecule is C=C(C)C(=O)Nc1ccc(-c2c3c4c(ncnc4n2C)B(C#N)Cc2c-3ccc(Oc3cccc(C)n3)c2F)cc1. The Kier molecular flexibility index (Phi) is 6.35. The average Bonchev–Trinajstić information content (AvgIpc) is 3.17. The van der Waals surface area contributed by atoms with Gasteiger partial charge in [-0.15, -0.1) is 0 Å². The lowest BCUT2D eigenvalue weighted by atomic mass is 9.45. The number of rotatable bonds is 5. The summed E-state index contributed by atoms with van der Waals surface area (Å²) in [5.41, 5.74) is 6.31. The zero-order chi connectivity index (χ0) is 28.8. The molecule has 10 heteroatoms. The number of nitrogens with one attached hydrogen (secondary N) is 1. The molecule has 6 rings (SSSR count). The van der Waals surface area contributed by atoms with E-state index in [4.69, 9.17) is 4.74 Å². The summed E-state index contributed by atoms with van der Waals surface area (Å²) in [5.74, 6) is 1.83. The molecule has 0 saturated heterocycles. The fraction of sp³-hybridized carbons (Fsp3) is 0.129. The fourth-order valence-electron chi connectivity index (χ4n) is 5.30. The number of aryl methyl sites for hydroxylation is 2. The Morgan fingerprint density at radius 3 is 2.66 bits per heavy atom. The molecule has 3 aromatic heterocycles. The molecule has 1 N–H and O–H groups in total. The number of nitrogens with zero attached hydrogens (tertiary/aromatic N) is 5. The summed E-state index contributed by atoms with van der Waals surface area (Å²) in [6.45, 7) is 6.46. The first-order chi connectivity index (χ1) is 19.8. The first-order valence-electron chi connectivity index (χ1n) is 13.0. The van der Waals surface area contributed by atoms with Crippen molar-refractivity contribution in [3.05, 3.63) is 90.2 Å². The van der Waals surface area contributed by atoms with E-state index in [-0.39, 0.29) is 23.9 Å². The van der Waals surface area contributed by atoms with Crippen molar-refractivity contribution in [2.45, 2.75) is 20.2 Å². The Hall–Kier alpha value is -5.30. The van der Waals surface area contributed by atoms with Crippen LogP contribution >= 0.6 is 0 Å². The van der Waals surface area contributed by atoms with E-state index in [1.807, 2.05) is 42.8 Å². The quantitative estimate of drug-likeness (QED) is 0.238. The minimum absolute atomic E-state index is 0.0295. The highest BCUT2D eigenvalue weighted by Gasteiger charge is 2.35. The number of halogens is 1. The second kappa shape index (κ2) is 10.0. The molecule has 0 fully saturated rings. The Morgan fingerprint density at radius 2 is 1.95 bits per heavy atom. The number of aromatic nitrogens is 4. The van der Waals surface area contributed by atoms with Crippen molar-refractivity contribution in [2.75, 3.05) is 5.32 Å². The summed E-state index contributed by atoms with van der Waals surface area (Å²) in [6.07, 6.45) is 1.56. The van der Waals surface area contributed by atoms with Crippen molar-refractivity contribution in [3.8, 4) is 40.0 Å². The van der Waals surface area contributed by atoms with Crippen molar-refractivity contribution < 1.29 is 13.9 Å². The van der Waals surface area contributed by atoms with Crippen molar-refractivity contribution in [3.63, 3.8) is 0 Å². The van der Waals surface area contributed by atoms with Gasteiger partial charge in [-0.3, -0.25) is 4.79 Å².